The van der Waals surface area contributed by atoms with E-state index < -0.39 is 11.5 Å². The molecule has 0 aromatic rings. The molecule has 5 nitrogen and oxygen atoms in total. The predicted molar refractivity (Wildman–Crippen MR) is 69.8 cm³/mol. The van der Waals surface area contributed by atoms with Crippen LogP contribution in [0.1, 0.15) is 44.9 Å². The van der Waals surface area contributed by atoms with Crippen LogP contribution >= 0.6 is 0 Å². The molecule has 0 bridgehead atoms. The molecule has 0 aromatic heterocycles. The first-order chi connectivity index (χ1) is 9.08. The molecule has 1 aliphatic heterocycles. The number of carbonyl (C=O) groups excluding carboxylic acids is 1. The Balaban J connectivity index is 1.57. The van der Waals surface area contributed by atoms with Gasteiger partial charge >= 0.3 is 12.0 Å². The summed E-state index contributed by atoms with van der Waals surface area (Å²) in [7, 11) is 0. The van der Waals surface area contributed by atoms with Crippen LogP contribution in [0.5, 0.6) is 0 Å². The standard InChI is InChI=1S/C14H22N2O3/c17-12(18)7-14(5-2-6-14)15-13(19)16-8-10-3-1-4-11(10)9-16/h10-11H,1-9H2,(H,15,19)(H,17,18). The summed E-state index contributed by atoms with van der Waals surface area (Å²) in [5.74, 6) is 0.545. The molecular formula is C14H22N2O3. The van der Waals surface area contributed by atoms with Gasteiger partial charge in [-0.3, -0.25) is 4.79 Å². The van der Waals surface area contributed by atoms with E-state index in [1.54, 1.807) is 0 Å². The van der Waals surface area contributed by atoms with E-state index in [-0.39, 0.29) is 12.5 Å². The van der Waals surface area contributed by atoms with Gasteiger partial charge in [-0.25, -0.2) is 4.79 Å². The van der Waals surface area contributed by atoms with Gasteiger partial charge in [-0.15, -0.1) is 0 Å². The molecule has 2 N–H and O–H groups in total. The molecular weight excluding hydrogens is 244 g/mol. The Hall–Kier alpha value is -1.26. The number of aliphatic carboxylic acids is 1. The maximum absolute atomic E-state index is 12.3. The van der Waals surface area contributed by atoms with E-state index in [9.17, 15) is 9.59 Å². The molecule has 2 unspecified atom stereocenters. The summed E-state index contributed by atoms with van der Waals surface area (Å²) in [6, 6.07) is -0.0460. The zero-order valence-electron chi connectivity index (χ0n) is 11.2. The maximum Gasteiger partial charge on any atom is 0.317 e. The zero-order valence-corrected chi connectivity index (χ0v) is 11.2. The lowest BCUT2D eigenvalue weighted by atomic mass is 9.74. The number of hydrogen-bond donors (Lipinski definition) is 2. The number of hydrogen-bond acceptors (Lipinski definition) is 2. The molecule has 5 heteroatoms. The van der Waals surface area contributed by atoms with Gasteiger partial charge in [0.2, 0.25) is 0 Å². The van der Waals surface area contributed by atoms with Gasteiger partial charge in [-0.2, -0.15) is 0 Å². The fourth-order valence-electron chi connectivity index (χ4n) is 3.95. The lowest BCUT2D eigenvalue weighted by Gasteiger charge is -2.42. The highest BCUT2D eigenvalue weighted by atomic mass is 16.4. The van der Waals surface area contributed by atoms with Gasteiger partial charge in [0.1, 0.15) is 0 Å². The SMILES string of the molecule is O=C(O)CC1(NC(=O)N2CC3CCCC3C2)CCC1. The molecule has 3 aliphatic rings. The molecule has 2 atom stereocenters. The topological polar surface area (TPSA) is 69.6 Å². The lowest BCUT2D eigenvalue weighted by Crippen LogP contribution is -2.57. The number of likely N-dealkylation sites (tertiary alicyclic amines) is 1. The first-order valence-corrected chi connectivity index (χ1v) is 7.37. The van der Waals surface area contributed by atoms with E-state index in [1.165, 1.54) is 19.3 Å². The lowest BCUT2D eigenvalue weighted by molar-refractivity contribution is -0.139. The largest absolute Gasteiger partial charge is 0.481 e. The van der Waals surface area contributed by atoms with Crippen LogP contribution in [0.3, 0.4) is 0 Å². The predicted octanol–water partition coefficient (Wildman–Crippen LogP) is 1.83. The molecule has 2 aliphatic carbocycles. The van der Waals surface area contributed by atoms with Crippen LogP contribution in [0, 0.1) is 11.8 Å². The summed E-state index contributed by atoms with van der Waals surface area (Å²) in [5.41, 5.74) is -0.472. The van der Waals surface area contributed by atoms with Crippen LogP contribution in [0.25, 0.3) is 0 Å². The molecule has 3 rings (SSSR count). The van der Waals surface area contributed by atoms with E-state index in [0.717, 1.165) is 32.4 Å². The van der Waals surface area contributed by atoms with Crippen molar-refractivity contribution in [3.63, 3.8) is 0 Å². The van der Waals surface area contributed by atoms with Crippen LogP contribution in [0.4, 0.5) is 4.79 Å². The number of carboxylic acids is 1. The molecule has 1 saturated heterocycles. The number of nitrogens with one attached hydrogen (secondary N) is 1. The van der Waals surface area contributed by atoms with E-state index in [0.29, 0.717) is 11.8 Å². The summed E-state index contributed by atoms with van der Waals surface area (Å²) in [6.45, 7) is 1.72. The quantitative estimate of drug-likeness (QED) is 0.818. The Morgan fingerprint density at radius 1 is 1.16 bits per heavy atom. The Labute approximate surface area is 113 Å². The summed E-state index contributed by atoms with van der Waals surface area (Å²) in [4.78, 5) is 25.1. The van der Waals surface area contributed by atoms with Crippen molar-refractivity contribution in [1.29, 1.82) is 0 Å². The number of amides is 2. The monoisotopic (exact) mass is 266 g/mol. The van der Waals surface area contributed by atoms with Gasteiger partial charge in [-0.05, 0) is 43.9 Å². The van der Waals surface area contributed by atoms with E-state index in [4.69, 9.17) is 5.11 Å². The Morgan fingerprint density at radius 3 is 2.26 bits per heavy atom. The normalized spacial score (nSPS) is 31.7. The third-order valence-electron chi connectivity index (χ3n) is 5.19. The maximum atomic E-state index is 12.3. The number of rotatable bonds is 3. The number of carboxylic acid groups (broad SMARTS) is 1. The first kappa shape index (κ1) is 12.8. The molecule has 106 valence electrons. The first-order valence-electron chi connectivity index (χ1n) is 7.37. The molecule has 0 spiro atoms. The third-order valence-corrected chi connectivity index (χ3v) is 5.19. The highest BCUT2D eigenvalue weighted by Gasteiger charge is 2.43. The van der Waals surface area contributed by atoms with E-state index >= 15 is 0 Å². The van der Waals surface area contributed by atoms with Crippen molar-refractivity contribution < 1.29 is 14.7 Å². The smallest absolute Gasteiger partial charge is 0.317 e. The van der Waals surface area contributed by atoms with Crippen molar-refractivity contribution in [2.75, 3.05) is 13.1 Å². The summed E-state index contributed by atoms with van der Waals surface area (Å²) < 4.78 is 0. The molecule has 0 radical (unpaired) electrons. The van der Waals surface area contributed by atoms with Crippen molar-refractivity contribution >= 4 is 12.0 Å². The minimum absolute atomic E-state index is 0.0460. The van der Waals surface area contributed by atoms with Crippen LogP contribution < -0.4 is 5.32 Å². The van der Waals surface area contributed by atoms with Crippen molar-refractivity contribution in [1.82, 2.24) is 10.2 Å². The summed E-state index contributed by atoms with van der Waals surface area (Å²) >= 11 is 0. The van der Waals surface area contributed by atoms with Gasteiger partial charge in [0.05, 0.1) is 12.0 Å². The summed E-state index contributed by atoms with van der Waals surface area (Å²) in [5, 5.41) is 12.0. The fraction of sp³-hybridized carbons (Fsp3) is 0.857. The Kier molecular flexibility index (Phi) is 3.15. The number of urea groups is 1. The van der Waals surface area contributed by atoms with Crippen molar-refractivity contribution in [3.05, 3.63) is 0 Å². The molecule has 19 heavy (non-hydrogen) atoms. The second-order valence-electron chi connectivity index (χ2n) is 6.49. The summed E-state index contributed by atoms with van der Waals surface area (Å²) in [6.07, 6.45) is 6.45. The molecule has 0 aromatic carbocycles. The molecule has 1 heterocycles. The van der Waals surface area contributed by atoms with Crippen LogP contribution in [0.2, 0.25) is 0 Å². The Morgan fingerprint density at radius 2 is 1.79 bits per heavy atom. The minimum Gasteiger partial charge on any atom is -0.481 e. The van der Waals surface area contributed by atoms with E-state index in [1.807, 2.05) is 4.90 Å². The van der Waals surface area contributed by atoms with Crippen molar-refractivity contribution in [2.24, 2.45) is 11.8 Å². The molecule has 2 amide bonds. The minimum atomic E-state index is -0.821. The number of nitrogens with zero attached hydrogens (tertiary/aromatic N) is 1. The van der Waals surface area contributed by atoms with Crippen molar-refractivity contribution in [3.8, 4) is 0 Å². The van der Waals surface area contributed by atoms with Gasteiger partial charge in [0.25, 0.3) is 0 Å². The van der Waals surface area contributed by atoms with Crippen LogP contribution in [0.15, 0.2) is 0 Å². The van der Waals surface area contributed by atoms with Gasteiger partial charge < -0.3 is 15.3 Å². The van der Waals surface area contributed by atoms with Crippen molar-refractivity contribution in [2.45, 2.75) is 50.5 Å². The highest BCUT2D eigenvalue weighted by Crippen LogP contribution is 2.39. The fourth-order valence-corrected chi connectivity index (χ4v) is 3.95. The average molecular weight is 266 g/mol. The van der Waals surface area contributed by atoms with E-state index in [2.05, 4.69) is 5.32 Å². The zero-order chi connectivity index (χ0) is 13.5. The second-order valence-corrected chi connectivity index (χ2v) is 6.49. The second kappa shape index (κ2) is 4.69. The Bertz CT molecular complexity index is 380. The van der Waals surface area contributed by atoms with Gasteiger partial charge in [0, 0.05) is 13.1 Å². The number of carbonyl (C=O) groups is 2. The average Bonchev–Trinajstić information content (AvgIpc) is 2.84. The number of fused-ring (bicyclic) bond motifs is 1. The van der Waals surface area contributed by atoms with Crippen LogP contribution in [-0.2, 0) is 4.79 Å². The third kappa shape index (κ3) is 2.42. The van der Waals surface area contributed by atoms with Gasteiger partial charge in [-0.1, -0.05) is 6.42 Å². The van der Waals surface area contributed by atoms with Gasteiger partial charge in [0.15, 0.2) is 0 Å². The van der Waals surface area contributed by atoms with Crippen LogP contribution in [-0.4, -0.2) is 40.6 Å². The highest BCUT2D eigenvalue weighted by molar-refractivity contribution is 5.77. The molecule has 2 saturated carbocycles. The molecule has 3 fully saturated rings.